The molecule has 1 aliphatic rings. The highest BCUT2D eigenvalue weighted by molar-refractivity contribution is 7.28. The van der Waals surface area contributed by atoms with Gasteiger partial charge in [-0.15, -0.1) is 45.3 Å². The van der Waals surface area contributed by atoms with Gasteiger partial charge in [0.2, 0.25) is 11.2 Å². The molecular weight excluding hydrogens is 1260 g/mol. The number of hydrogen-bond donors (Lipinski definition) is 1. The number of aromatic nitrogens is 6. The van der Waals surface area contributed by atoms with Crippen molar-refractivity contribution in [2.24, 2.45) is 0 Å². The molecule has 8 aromatic heterocycles. The van der Waals surface area contributed by atoms with Crippen LogP contribution in [0.2, 0.25) is 5.28 Å². The van der Waals surface area contributed by atoms with Crippen LogP contribution in [-0.2, 0) is 0 Å². The number of H-pyrrole nitrogens is 1. The zero-order valence-electron chi connectivity index (χ0n) is 50.2. The molecule has 0 atom stereocenters. The maximum atomic E-state index is 6.26. The molecule has 442 valence electrons. The summed E-state index contributed by atoms with van der Waals surface area (Å²) < 4.78 is 12.2. The van der Waals surface area contributed by atoms with Crippen LogP contribution >= 0.6 is 56.9 Å². The molecule has 11 heteroatoms. The van der Waals surface area contributed by atoms with Crippen molar-refractivity contribution >= 4 is 226 Å². The Hall–Kier alpha value is -11.0. The van der Waals surface area contributed by atoms with Crippen LogP contribution in [0.15, 0.2) is 261 Å². The second kappa shape index (κ2) is 21.5. The molecule has 21 aromatic rings. The highest BCUT2D eigenvalue weighted by Gasteiger charge is 2.27. The van der Waals surface area contributed by atoms with Gasteiger partial charge in [-0.1, -0.05) is 224 Å². The largest absolute Gasteiger partial charge is 0.299 e. The van der Waals surface area contributed by atoms with Gasteiger partial charge in [-0.05, 0) is 85.0 Å². The highest BCUT2D eigenvalue weighted by Crippen LogP contribution is 2.50. The normalized spacial score (nSPS) is 12.3. The van der Waals surface area contributed by atoms with E-state index in [0.717, 1.165) is 64.9 Å². The monoisotopic (exact) mass is 1300 g/mol. The van der Waals surface area contributed by atoms with Gasteiger partial charge in [0.15, 0.2) is 5.69 Å². The third kappa shape index (κ3) is 8.36. The first kappa shape index (κ1) is 54.5. The summed E-state index contributed by atoms with van der Waals surface area (Å²) in [7, 11) is 0. The summed E-state index contributed by atoms with van der Waals surface area (Å²) in [4.78, 5) is 23.8. The lowest BCUT2D eigenvalue weighted by atomic mass is 9.97. The number of nitrogens with zero attached hydrogens (tertiary/aromatic N) is 5. The van der Waals surface area contributed by atoms with Crippen molar-refractivity contribution in [2.45, 2.75) is 0 Å². The molecule has 0 aliphatic heterocycles. The fourth-order valence-electron chi connectivity index (χ4n) is 14.7. The number of para-hydroxylation sites is 1. The summed E-state index contributed by atoms with van der Waals surface area (Å²) in [6.07, 6.45) is 9.40. The van der Waals surface area contributed by atoms with E-state index in [1.54, 1.807) is 22.7 Å². The van der Waals surface area contributed by atoms with E-state index in [-0.39, 0.29) is 5.28 Å². The van der Waals surface area contributed by atoms with Crippen LogP contribution in [0.4, 0.5) is 0 Å². The fourth-order valence-corrected chi connectivity index (χ4v) is 19.7. The Bertz CT molecular complexity index is 6890. The first-order valence-corrected chi connectivity index (χ1v) is 35.1. The number of halogens is 1. The van der Waals surface area contributed by atoms with Crippen molar-refractivity contribution in [3.63, 3.8) is 0 Å². The molecule has 22 rings (SSSR count). The minimum absolute atomic E-state index is 0.286. The minimum atomic E-state index is 0.286. The summed E-state index contributed by atoms with van der Waals surface area (Å²) in [5.74, 6) is 0.698. The summed E-state index contributed by atoms with van der Waals surface area (Å²) >= 11 is 13.5. The fraction of sp³-hybridized carbons (Fsp3) is 0. The molecule has 0 radical (unpaired) electrons. The molecule has 0 saturated heterocycles. The molecule has 95 heavy (non-hydrogen) atoms. The number of hydrogen-bond acceptors (Lipinski definition) is 8. The average Bonchev–Trinajstić information content (AvgIpc) is 1.22. The molecule has 8 heterocycles. The van der Waals surface area contributed by atoms with E-state index in [1.165, 1.54) is 126 Å². The Morgan fingerprint density at radius 3 is 1.39 bits per heavy atom. The molecule has 0 fully saturated rings. The molecule has 1 aliphatic carbocycles. The number of fused-ring (bicyclic) bond motifs is 28. The van der Waals surface area contributed by atoms with Gasteiger partial charge in [0.25, 0.3) is 0 Å². The maximum absolute atomic E-state index is 6.26. The van der Waals surface area contributed by atoms with E-state index in [4.69, 9.17) is 21.6 Å². The predicted molar refractivity (Wildman–Crippen MR) is 411 cm³/mol. The lowest BCUT2D eigenvalue weighted by Gasteiger charge is -2.12. The number of aromatic amines is 1. The summed E-state index contributed by atoms with van der Waals surface area (Å²) in [5, 5.41) is 21.6. The smallest absolute Gasteiger partial charge is 0.235 e. The van der Waals surface area contributed by atoms with Crippen LogP contribution in [0.1, 0.15) is 11.3 Å². The topological polar surface area (TPSA) is 72.3 Å². The first-order chi connectivity index (χ1) is 47.1. The van der Waals surface area contributed by atoms with Gasteiger partial charge >= 0.3 is 0 Å². The van der Waals surface area contributed by atoms with Gasteiger partial charge in [0.1, 0.15) is 17.7 Å². The number of thiophene rings is 4. The number of benzene rings is 13. The van der Waals surface area contributed by atoms with Gasteiger partial charge in [0, 0.05) is 84.5 Å². The van der Waals surface area contributed by atoms with Gasteiger partial charge < -0.3 is 0 Å². The zero-order valence-corrected chi connectivity index (χ0v) is 54.2. The lowest BCUT2D eigenvalue weighted by molar-refractivity contribution is 1.02. The van der Waals surface area contributed by atoms with E-state index < -0.39 is 0 Å². The number of nitrogens with one attached hydrogen (secondary N) is 1. The number of allylic oxidation sites excluding steroid dienone is 2. The quantitative estimate of drug-likeness (QED) is 0.141. The van der Waals surface area contributed by atoms with Crippen LogP contribution in [-0.4, -0.2) is 29.5 Å². The van der Waals surface area contributed by atoms with E-state index in [1.807, 2.05) is 53.0 Å². The first-order valence-electron chi connectivity index (χ1n) is 31.5. The molecule has 0 unspecified atom stereocenters. The summed E-state index contributed by atoms with van der Waals surface area (Å²) in [5.41, 5.74) is 12.0. The molecule has 1 N–H and O–H groups in total. The van der Waals surface area contributed by atoms with Crippen molar-refractivity contribution in [1.82, 2.24) is 29.5 Å². The van der Waals surface area contributed by atoms with E-state index in [0.29, 0.717) is 5.95 Å². The Labute approximate surface area is 562 Å². The summed E-state index contributed by atoms with van der Waals surface area (Å²) in [6.45, 7) is 0. The molecular formula is C84H46ClN6S4+. The third-order valence-electron chi connectivity index (χ3n) is 18.8. The van der Waals surface area contributed by atoms with Crippen molar-refractivity contribution in [3.8, 4) is 28.5 Å². The van der Waals surface area contributed by atoms with E-state index >= 15 is 0 Å². The molecule has 0 amide bonds. The van der Waals surface area contributed by atoms with Crippen LogP contribution in [0.25, 0.3) is 197 Å². The van der Waals surface area contributed by atoms with Crippen molar-refractivity contribution in [1.29, 1.82) is 0 Å². The second-order valence-electron chi connectivity index (χ2n) is 23.9. The lowest BCUT2D eigenvalue weighted by Crippen LogP contribution is -2.03. The Kier molecular flexibility index (Phi) is 12.3. The van der Waals surface area contributed by atoms with Gasteiger partial charge in [-0.3, -0.25) is 9.55 Å². The Morgan fingerprint density at radius 2 is 0.789 bits per heavy atom. The summed E-state index contributed by atoms with van der Waals surface area (Å²) in [6, 6.07) is 90.6. The predicted octanol–water partition coefficient (Wildman–Crippen LogP) is 25.1. The van der Waals surface area contributed by atoms with Crippen molar-refractivity contribution < 1.29 is 0 Å². The van der Waals surface area contributed by atoms with Crippen LogP contribution in [0.3, 0.4) is 0 Å². The van der Waals surface area contributed by atoms with E-state index in [9.17, 15) is 0 Å². The zero-order chi connectivity index (χ0) is 62.4. The van der Waals surface area contributed by atoms with Crippen LogP contribution in [0.5, 0.6) is 0 Å². The van der Waals surface area contributed by atoms with Gasteiger partial charge in [-0.2, -0.15) is 0 Å². The van der Waals surface area contributed by atoms with Crippen LogP contribution in [0, 0.1) is 6.08 Å². The molecule has 0 spiro atoms. The molecule has 0 saturated carbocycles. The van der Waals surface area contributed by atoms with Gasteiger partial charge in [-0.25, -0.2) is 19.9 Å². The molecule has 6 nitrogen and oxygen atoms in total. The number of rotatable bonds is 3. The minimum Gasteiger partial charge on any atom is -0.299 e. The van der Waals surface area contributed by atoms with Crippen LogP contribution < -0.4 is 0 Å². The van der Waals surface area contributed by atoms with Gasteiger partial charge in [0.05, 0.1) is 63.8 Å². The SMILES string of the molecule is Clc1nc(-c2cccc3ccccc23)c2sc3ccccc3c2n1.[C+]1=Cc2[nH]c3c4sc5ccccc5c4c4ccccc4c3c2C=C1.c1ccc2c(-c3nc(-n4c5ccccc5c5c6ccccc6c6c7ccccc7sc6c54)nc4c3sc3ccccc34)cccc2c1. The highest BCUT2D eigenvalue weighted by atomic mass is 35.5. The Balaban J connectivity index is 0.000000108. The van der Waals surface area contributed by atoms with Crippen molar-refractivity contribution in [2.75, 3.05) is 0 Å². The average molecular weight is 1300 g/mol. The second-order valence-corrected chi connectivity index (χ2v) is 28.5. The van der Waals surface area contributed by atoms with E-state index in [2.05, 4.69) is 268 Å². The van der Waals surface area contributed by atoms with Crippen molar-refractivity contribution in [3.05, 3.63) is 283 Å². The molecule has 0 bridgehead atoms. The standard InChI is InChI=1S/C42H23N3S2.C22H12NS.C20H11ClN2S/c1-2-14-25-24(12-1)13-11-20-28(25)37-41-38(31-19-7-10-23-34(31)47-41)44-42(43-37)45-32-21-8-5-17-29(32)35-26-15-3-4-16-27(26)36-30-18-6-9-22-33(30)46-40(36)39(35)45;1-2-8-14-13(7-1)19-15-9-3-5-11-17(15)23-21(19)22-20(14)16-10-4-6-12-18(16)24-22;21-20-22-17(14-10-5-7-12-6-1-2-8-13(12)14)19-18(23-20)15-9-3-4-11-16(15)24-19/h1-23H;1-4,6-12,23H;1-11H/q;+1;. The maximum Gasteiger partial charge on any atom is 0.235 e. The molecule has 13 aromatic carbocycles. The third-order valence-corrected chi connectivity index (χ3v) is 23.6. The Morgan fingerprint density at radius 1 is 0.358 bits per heavy atom.